The molecule has 0 aliphatic carbocycles. The van der Waals surface area contributed by atoms with Crippen LogP contribution in [-0.2, 0) is 17.7 Å². The Morgan fingerprint density at radius 3 is 2.77 bits per heavy atom. The van der Waals surface area contributed by atoms with E-state index in [1.54, 1.807) is 0 Å². The first-order chi connectivity index (χ1) is 15.4. The highest BCUT2D eigenvalue weighted by atomic mass is 16.5. The van der Waals surface area contributed by atoms with Crippen LogP contribution in [0.4, 0.5) is 11.5 Å². The van der Waals surface area contributed by atoms with E-state index >= 15 is 0 Å². The molecule has 0 spiro atoms. The minimum atomic E-state index is 0.720. The van der Waals surface area contributed by atoms with E-state index in [1.165, 1.54) is 16.7 Å². The molecule has 156 valence electrons. The summed E-state index contributed by atoms with van der Waals surface area (Å²) in [6, 6.07) is 17.1. The predicted octanol–water partition coefficient (Wildman–Crippen LogP) is 3.25. The largest absolute Gasteiger partial charge is 0.378 e. The fourth-order valence-electron chi connectivity index (χ4n) is 4.47. The number of anilines is 2. The first-order valence-corrected chi connectivity index (χ1v) is 10.7. The average molecular weight is 412 g/mol. The highest BCUT2D eigenvalue weighted by Crippen LogP contribution is 2.33. The van der Waals surface area contributed by atoms with Crippen LogP contribution in [0.3, 0.4) is 0 Å². The zero-order valence-electron chi connectivity index (χ0n) is 17.2. The van der Waals surface area contributed by atoms with Gasteiger partial charge in [-0.25, -0.2) is 15.4 Å². The molecular formula is C24H24N6O. The van der Waals surface area contributed by atoms with Crippen LogP contribution in [0.5, 0.6) is 0 Å². The summed E-state index contributed by atoms with van der Waals surface area (Å²) >= 11 is 0. The lowest BCUT2D eigenvalue weighted by molar-refractivity contribution is 0.122. The summed E-state index contributed by atoms with van der Waals surface area (Å²) in [5.74, 6) is 0.927. The van der Waals surface area contributed by atoms with E-state index in [0.717, 1.165) is 67.8 Å². The van der Waals surface area contributed by atoms with E-state index in [2.05, 4.69) is 68.7 Å². The molecule has 7 heteroatoms. The van der Waals surface area contributed by atoms with Crippen LogP contribution in [0.25, 0.3) is 16.9 Å². The molecule has 1 fully saturated rings. The summed E-state index contributed by atoms with van der Waals surface area (Å²) in [5.41, 5.74) is 14.3. The number of hydrazine groups is 1. The van der Waals surface area contributed by atoms with Gasteiger partial charge in [-0.05, 0) is 23.3 Å². The van der Waals surface area contributed by atoms with Gasteiger partial charge in [0.1, 0.15) is 0 Å². The Kier molecular flexibility index (Phi) is 4.55. The summed E-state index contributed by atoms with van der Waals surface area (Å²) < 4.78 is 7.75. The number of benzene rings is 2. The molecule has 0 saturated carbocycles. The van der Waals surface area contributed by atoms with Crippen molar-refractivity contribution in [1.82, 2.24) is 19.8 Å². The minimum Gasteiger partial charge on any atom is -0.378 e. The van der Waals surface area contributed by atoms with E-state index in [-0.39, 0.29) is 0 Å². The molecule has 2 aromatic heterocycles. The number of aromatic nitrogens is 3. The summed E-state index contributed by atoms with van der Waals surface area (Å²) in [5, 5.41) is 0. The van der Waals surface area contributed by atoms with E-state index in [0.29, 0.717) is 0 Å². The zero-order valence-corrected chi connectivity index (χ0v) is 17.2. The maximum atomic E-state index is 5.54. The highest BCUT2D eigenvalue weighted by molar-refractivity contribution is 5.76. The van der Waals surface area contributed by atoms with E-state index in [9.17, 15) is 0 Å². The van der Waals surface area contributed by atoms with Gasteiger partial charge in [0.2, 0.25) is 0 Å². The number of ether oxygens (including phenoxy) is 1. The standard InChI is InChI=1S/C24H24N6O/c1-2-4-17(5-3-1)14-21-22(18-6-7-20-19(15-18)16-26-28-20)30-9-8-25-23(24(30)27-21)29-10-12-31-13-11-29/h1-9,15,26,28H,10-14,16H2. The third-order valence-corrected chi connectivity index (χ3v) is 6.00. The number of imidazole rings is 1. The van der Waals surface area contributed by atoms with Gasteiger partial charge in [-0.2, -0.15) is 0 Å². The van der Waals surface area contributed by atoms with Crippen molar-refractivity contribution in [2.75, 3.05) is 36.6 Å². The van der Waals surface area contributed by atoms with Crippen LogP contribution >= 0.6 is 0 Å². The summed E-state index contributed by atoms with van der Waals surface area (Å²) in [7, 11) is 0. The molecule has 7 nitrogen and oxygen atoms in total. The number of nitrogens with one attached hydrogen (secondary N) is 2. The first-order valence-electron chi connectivity index (χ1n) is 10.7. The van der Waals surface area contributed by atoms with Gasteiger partial charge in [-0.1, -0.05) is 36.4 Å². The van der Waals surface area contributed by atoms with Crippen molar-refractivity contribution in [2.45, 2.75) is 13.0 Å². The Labute approximate surface area is 180 Å². The fraction of sp³-hybridized carbons (Fsp3) is 0.250. The maximum absolute atomic E-state index is 5.54. The van der Waals surface area contributed by atoms with E-state index in [1.807, 2.05) is 12.4 Å². The number of nitrogens with zero attached hydrogens (tertiary/aromatic N) is 4. The van der Waals surface area contributed by atoms with E-state index < -0.39 is 0 Å². The molecule has 4 aromatic rings. The Morgan fingerprint density at radius 2 is 1.90 bits per heavy atom. The molecular weight excluding hydrogens is 388 g/mol. The van der Waals surface area contributed by atoms with Gasteiger partial charge < -0.3 is 15.1 Å². The van der Waals surface area contributed by atoms with Gasteiger partial charge in [0, 0.05) is 44.0 Å². The molecule has 6 rings (SSSR count). The molecule has 0 atom stereocenters. The van der Waals surface area contributed by atoms with Crippen molar-refractivity contribution in [1.29, 1.82) is 0 Å². The zero-order chi connectivity index (χ0) is 20.6. The van der Waals surface area contributed by atoms with Gasteiger partial charge in [0.05, 0.1) is 30.3 Å². The lowest BCUT2D eigenvalue weighted by Gasteiger charge is -2.27. The van der Waals surface area contributed by atoms with Gasteiger partial charge in [-0.3, -0.25) is 4.40 Å². The van der Waals surface area contributed by atoms with Crippen molar-refractivity contribution in [3.8, 4) is 11.3 Å². The number of morpholine rings is 1. The van der Waals surface area contributed by atoms with Crippen LogP contribution in [0, 0.1) is 0 Å². The molecule has 2 aromatic carbocycles. The Morgan fingerprint density at radius 1 is 1.03 bits per heavy atom. The molecule has 31 heavy (non-hydrogen) atoms. The molecule has 4 heterocycles. The number of rotatable bonds is 4. The quantitative estimate of drug-likeness (QED) is 0.536. The van der Waals surface area contributed by atoms with Gasteiger partial charge in [0.25, 0.3) is 0 Å². The molecule has 2 aliphatic heterocycles. The summed E-state index contributed by atoms with van der Waals surface area (Å²) in [6.07, 6.45) is 4.68. The second-order valence-corrected chi connectivity index (χ2v) is 7.96. The molecule has 0 bridgehead atoms. The lowest BCUT2D eigenvalue weighted by Crippen LogP contribution is -2.37. The first kappa shape index (κ1) is 18.4. The molecule has 1 saturated heterocycles. The molecule has 0 radical (unpaired) electrons. The maximum Gasteiger partial charge on any atom is 0.181 e. The third-order valence-electron chi connectivity index (χ3n) is 6.00. The fourth-order valence-corrected chi connectivity index (χ4v) is 4.47. The minimum absolute atomic E-state index is 0.720. The predicted molar refractivity (Wildman–Crippen MR) is 121 cm³/mol. The Balaban J connectivity index is 1.53. The second-order valence-electron chi connectivity index (χ2n) is 7.96. The van der Waals surface area contributed by atoms with Gasteiger partial charge >= 0.3 is 0 Å². The van der Waals surface area contributed by atoms with Gasteiger partial charge in [0.15, 0.2) is 11.5 Å². The van der Waals surface area contributed by atoms with Crippen LogP contribution in [0.15, 0.2) is 60.9 Å². The SMILES string of the molecule is c1ccc(Cc2nc3c(N4CCOCC4)nccn3c2-c2ccc3c(c2)CNN3)cc1. The molecule has 2 N–H and O–H groups in total. The van der Waals surface area contributed by atoms with Crippen molar-refractivity contribution in [2.24, 2.45) is 0 Å². The lowest BCUT2D eigenvalue weighted by atomic mass is 10.0. The van der Waals surface area contributed by atoms with Crippen molar-refractivity contribution >= 4 is 17.2 Å². The van der Waals surface area contributed by atoms with E-state index in [4.69, 9.17) is 14.7 Å². The normalized spacial score (nSPS) is 15.8. The molecule has 2 aliphatic rings. The average Bonchev–Trinajstić information content (AvgIpc) is 3.43. The summed E-state index contributed by atoms with van der Waals surface area (Å²) in [6.45, 7) is 3.92. The monoisotopic (exact) mass is 412 g/mol. The highest BCUT2D eigenvalue weighted by Gasteiger charge is 2.22. The van der Waals surface area contributed by atoms with Crippen LogP contribution in [-0.4, -0.2) is 40.7 Å². The van der Waals surface area contributed by atoms with Crippen molar-refractivity contribution in [3.05, 3.63) is 77.7 Å². The Hall–Kier alpha value is -3.42. The van der Waals surface area contributed by atoms with Crippen LogP contribution in [0.2, 0.25) is 0 Å². The van der Waals surface area contributed by atoms with Crippen LogP contribution < -0.4 is 15.8 Å². The number of hydrogen-bond donors (Lipinski definition) is 2. The van der Waals surface area contributed by atoms with Crippen molar-refractivity contribution < 1.29 is 4.74 Å². The number of hydrogen-bond acceptors (Lipinski definition) is 6. The third kappa shape index (κ3) is 3.32. The topological polar surface area (TPSA) is 66.7 Å². The van der Waals surface area contributed by atoms with Crippen LogP contribution in [0.1, 0.15) is 16.8 Å². The summed E-state index contributed by atoms with van der Waals surface area (Å²) in [4.78, 5) is 12.1. The molecule has 0 amide bonds. The second kappa shape index (κ2) is 7.68. The number of fused-ring (bicyclic) bond motifs is 2. The molecule has 0 unspecified atom stereocenters. The Bertz CT molecular complexity index is 1230. The smallest absolute Gasteiger partial charge is 0.181 e. The van der Waals surface area contributed by atoms with Gasteiger partial charge in [-0.15, -0.1) is 0 Å². The van der Waals surface area contributed by atoms with Crippen molar-refractivity contribution in [3.63, 3.8) is 0 Å².